The van der Waals surface area contributed by atoms with Crippen molar-refractivity contribution in [3.05, 3.63) is 0 Å². The zero-order valence-corrected chi connectivity index (χ0v) is 10.8. The van der Waals surface area contributed by atoms with Crippen LogP contribution in [0.2, 0.25) is 0 Å². The van der Waals surface area contributed by atoms with Gasteiger partial charge in [0.15, 0.2) is 6.10 Å². The third-order valence-electron chi connectivity index (χ3n) is 2.46. The Balaban J connectivity index is 4.11. The predicted octanol–water partition coefficient (Wildman–Crippen LogP) is -5.39. The van der Waals surface area contributed by atoms with Crippen LogP contribution in [0.3, 0.4) is 0 Å². The van der Waals surface area contributed by atoms with E-state index in [1.807, 2.05) is 0 Å². The number of hydrogen-bond donors (Lipinski definition) is 8. The zero-order valence-electron chi connectivity index (χ0n) is 10.8. The summed E-state index contributed by atoms with van der Waals surface area (Å²) in [6.07, 6.45) is -7.51. The molecule has 0 fully saturated rings. The number of aliphatic hydroxyl groups excluding tert-OH is 5. The summed E-state index contributed by atoms with van der Waals surface area (Å²) >= 11 is 0. The number of rotatable bonds is 9. The molecule has 0 heterocycles. The molecule has 0 saturated heterocycles. The summed E-state index contributed by atoms with van der Waals surface area (Å²) in [6, 6.07) is 0. The van der Waals surface area contributed by atoms with Gasteiger partial charge in [0.2, 0.25) is 5.91 Å². The molecule has 0 spiro atoms. The number of nitrogens with one attached hydrogen (secondary N) is 2. The third-order valence-corrected chi connectivity index (χ3v) is 2.46. The normalized spacial score (nSPS) is 16.9. The molecular weight excluding hydrogens is 274 g/mol. The van der Waals surface area contributed by atoms with Crippen LogP contribution in [0.4, 0.5) is 0 Å². The number of nitrogens with two attached hydrogens (primary N) is 1. The van der Waals surface area contributed by atoms with Gasteiger partial charge in [0.25, 0.3) is 5.91 Å². The number of hydrogen-bond acceptors (Lipinski definition) is 8. The second-order valence-corrected chi connectivity index (χ2v) is 4.02. The molecule has 2 amide bonds. The molecular formula is C10H21N3O7. The molecule has 0 aromatic heterocycles. The van der Waals surface area contributed by atoms with Crippen LogP contribution in [0.25, 0.3) is 0 Å². The van der Waals surface area contributed by atoms with Crippen LogP contribution in [0.15, 0.2) is 0 Å². The Labute approximate surface area is 115 Å². The maximum absolute atomic E-state index is 11.4. The molecule has 10 heteroatoms. The van der Waals surface area contributed by atoms with E-state index in [0.717, 1.165) is 0 Å². The highest BCUT2D eigenvalue weighted by atomic mass is 16.4. The fourth-order valence-electron chi connectivity index (χ4n) is 1.24. The molecule has 0 bridgehead atoms. The number of amides is 2. The highest BCUT2D eigenvalue weighted by Gasteiger charge is 2.33. The summed E-state index contributed by atoms with van der Waals surface area (Å²) in [5.74, 6) is -1.41. The lowest BCUT2D eigenvalue weighted by Gasteiger charge is -2.24. The van der Waals surface area contributed by atoms with Crippen LogP contribution >= 0.6 is 0 Å². The van der Waals surface area contributed by atoms with E-state index in [1.165, 1.54) is 0 Å². The highest BCUT2D eigenvalue weighted by molar-refractivity contribution is 5.81. The van der Waals surface area contributed by atoms with Crippen molar-refractivity contribution in [2.75, 3.05) is 26.2 Å². The quantitative estimate of drug-likeness (QED) is 0.194. The molecule has 4 unspecified atom stereocenters. The lowest BCUT2D eigenvalue weighted by atomic mass is 10.0. The van der Waals surface area contributed by atoms with Crippen molar-refractivity contribution in [2.45, 2.75) is 24.4 Å². The topological polar surface area (TPSA) is 185 Å². The summed E-state index contributed by atoms with van der Waals surface area (Å²) in [5.41, 5.74) is 5.03. The van der Waals surface area contributed by atoms with Crippen LogP contribution in [0, 0.1) is 0 Å². The minimum absolute atomic E-state index is 0.0208. The van der Waals surface area contributed by atoms with E-state index in [0.29, 0.717) is 0 Å². The first-order chi connectivity index (χ1) is 9.34. The summed E-state index contributed by atoms with van der Waals surface area (Å²) in [5, 5.41) is 50.4. The second-order valence-electron chi connectivity index (χ2n) is 4.02. The first-order valence-corrected chi connectivity index (χ1v) is 5.92. The van der Waals surface area contributed by atoms with Crippen LogP contribution in [0.5, 0.6) is 0 Å². The Hall–Kier alpha value is -1.30. The van der Waals surface area contributed by atoms with Gasteiger partial charge >= 0.3 is 0 Å². The smallest absolute Gasteiger partial charge is 0.251 e. The molecule has 0 aromatic carbocycles. The number of aliphatic hydroxyl groups is 5. The first-order valence-electron chi connectivity index (χ1n) is 5.92. The van der Waals surface area contributed by atoms with Crippen molar-refractivity contribution in [3.8, 4) is 0 Å². The molecule has 9 N–H and O–H groups in total. The van der Waals surface area contributed by atoms with E-state index in [-0.39, 0.29) is 19.6 Å². The minimum Gasteiger partial charge on any atom is -0.394 e. The predicted molar refractivity (Wildman–Crippen MR) is 66.2 cm³/mol. The van der Waals surface area contributed by atoms with Crippen molar-refractivity contribution in [2.24, 2.45) is 5.73 Å². The van der Waals surface area contributed by atoms with Gasteiger partial charge in [0.1, 0.15) is 18.3 Å². The fourth-order valence-corrected chi connectivity index (χ4v) is 1.24. The van der Waals surface area contributed by atoms with E-state index in [1.54, 1.807) is 0 Å². The standard InChI is InChI=1S/C10H21N3O7/c11-3-6(16)12-1-2-13-10(20)9(19)8(18)7(17)5(15)4-14/h5,7-9,14-15,17-19H,1-4,11H2,(H,12,16)(H,13,20). The van der Waals surface area contributed by atoms with Crippen LogP contribution in [-0.2, 0) is 9.59 Å². The molecule has 20 heavy (non-hydrogen) atoms. The van der Waals surface area contributed by atoms with E-state index < -0.39 is 42.8 Å². The molecule has 0 aliphatic carbocycles. The Morgan fingerprint density at radius 3 is 2.05 bits per heavy atom. The van der Waals surface area contributed by atoms with Gasteiger partial charge in [-0.3, -0.25) is 9.59 Å². The first kappa shape index (κ1) is 18.7. The maximum atomic E-state index is 11.4. The second kappa shape index (κ2) is 9.58. The van der Waals surface area contributed by atoms with Gasteiger partial charge in [0.05, 0.1) is 13.2 Å². The van der Waals surface area contributed by atoms with Gasteiger partial charge in [-0.25, -0.2) is 0 Å². The average Bonchev–Trinajstić information content (AvgIpc) is 2.47. The van der Waals surface area contributed by atoms with Gasteiger partial charge in [-0.15, -0.1) is 0 Å². The van der Waals surface area contributed by atoms with Crippen molar-refractivity contribution >= 4 is 11.8 Å². The van der Waals surface area contributed by atoms with E-state index in [2.05, 4.69) is 10.6 Å². The van der Waals surface area contributed by atoms with Crippen molar-refractivity contribution in [3.63, 3.8) is 0 Å². The van der Waals surface area contributed by atoms with Gasteiger partial charge in [0, 0.05) is 13.1 Å². The number of carbonyl (C=O) groups excluding carboxylic acids is 2. The van der Waals surface area contributed by atoms with Gasteiger partial charge in [-0.1, -0.05) is 0 Å². The zero-order chi connectivity index (χ0) is 15.7. The molecule has 0 rings (SSSR count). The number of carbonyl (C=O) groups is 2. The molecule has 0 saturated carbocycles. The van der Waals surface area contributed by atoms with E-state index in [4.69, 9.17) is 15.9 Å². The molecule has 0 aliphatic rings. The molecule has 10 nitrogen and oxygen atoms in total. The van der Waals surface area contributed by atoms with E-state index in [9.17, 15) is 24.9 Å². The SMILES string of the molecule is NCC(=O)NCCNC(=O)C(O)C(O)C(O)C(O)CO. The van der Waals surface area contributed by atoms with Gasteiger partial charge in [-0.05, 0) is 0 Å². The summed E-state index contributed by atoms with van der Waals surface area (Å²) in [4.78, 5) is 22.2. The summed E-state index contributed by atoms with van der Waals surface area (Å²) < 4.78 is 0. The Morgan fingerprint density at radius 2 is 1.55 bits per heavy atom. The van der Waals surface area contributed by atoms with E-state index >= 15 is 0 Å². The highest BCUT2D eigenvalue weighted by Crippen LogP contribution is 2.05. The fraction of sp³-hybridized carbons (Fsp3) is 0.800. The van der Waals surface area contributed by atoms with Crippen LogP contribution in [0.1, 0.15) is 0 Å². The van der Waals surface area contributed by atoms with Crippen LogP contribution < -0.4 is 16.4 Å². The largest absolute Gasteiger partial charge is 0.394 e. The molecule has 0 radical (unpaired) electrons. The Kier molecular flexibility index (Phi) is 8.96. The van der Waals surface area contributed by atoms with Gasteiger partial charge in [-0.2, -0.15) is 0 Å². The summed E-state index contributed by atoms with van der Waals surface area (Å²) in [7, 11) is 0. The average molecular weight is 295 g/mol. The minimum atomic E-state index is -1.99. The lowest BCUT2D eigenvalue weighted by molar-refractivity contribution is -0.148. The van der Waals surface area contributed by atoms with Crippen molar-refractivity contribution < 1.29 is 35.1 Å². The summed E-state index contributed by atoms with van der Waals surface area (Å²) in [6.45, 7) is -0.975. The van der Waals surface area contributed by atoms with Gasteiger partial charge < -0.3 is 41.9 Å². The molecule has 4 atom stereocenters. The molecule has 0 aromatic rings. The molecule has 118 valence electrons. The van der Waals surface area contributed by atoms with Crippen molar-refractivity contribution in [1.82, 2.24) is 10.6 Å². The lowest BCUT2D eigenvalue weighted by Crippen LogP contribution is -2.52. The monoisotopic (exact) mass is 295 g/mol. The Morgan fingerprint density at radius 1 is 1.00 bits per heavy atom. The Bertz CT molecular complexity index is 315. The molecule has 0 aliphatic heterocycles. The van der Waals surface area contributed by atoms with Crippen molar-refractivity contribution in [1.29, 1.82) is 0 Å². The maximum Gasteiger partial charge on any atom is 0.251 e. The van der Waals surface area contributed by atoms with Crippen LogP contribution in [-0.4, -0.2) is 88.0 Å². The third kappa shape index (κ3) is 6.23.